The van der Waals surface area contributed by atoms with E-state index in [0.717, 1.165) is 18.7 Å². The fourth-order valence-corrected chi connectivity index (χ4v) is 2.66. The zero-order chi connectivity index (χ0) is 14.0. The van der Waals surface area contributed by atoms with Crippen LogP contribution >= 0.6 is 11.6 Å². The minimum absolute atomic E-state index is 0.162. The van der Waals surface area contributed by atoms with Crippen LogP contribution < -0.4 is 10.6 Å². The van der Waals surface area contributed by atoms with Gasteiger partial charge in [0.2, 0.25) is 0 Å². The Balaban J connectivity index is 2.11. The van der Waals surface area contributed by atoms with Gasteiger partial charge in [0.25, 0.3) is 5.91 Å². The highest BCUT2D eigenvalue weighted by Crippen LogP contribution is 2.24. The maximum atomic E-state index is 11.7. The van der Waals surface area contributed by atoms with Crippen molar-refractivity contribution < 1.29 is 4.79 Å². The van der Waals surface area contributed by atoms with Gasteiger partial charge in [-0.25, -0.2) is 0 Å². The molecule has 0 saturated carbocycles. The molecule has 0 aliphatic carbocycles. The van der Waals surface area contributed by atoms with Crippen molar-refractivity contribution in [3.05, 3.63) is 28.8 Å². The lowest BCUT2D eigenvalue weighted by Crippen LogP contribution is -2.25. The predicted molar refractivity (Wildman–Crippen MR) is 79.0 cm³/mol. The number of hydrogen-bond donors (Lipinski definition) is 2. The lowest BCUT2D eigenvalue weighted by atomic mass is 10.1. The van der Waals surface area contributed by atoms with Crippen molar-refractivity contribution in [2.75, 3.05) is 26.0 Å². The van der Waals surface area contributed by atoms with Gasteiger partial charge in [0.1, 0.15) is 0 Å². The Kier molecular flexibility index (Phi) is 4.32. The van der Waals surface area contributed by atoms with E-state index in [1.54, 1.807) is 13.1 Å². The standard InChI is InChI=1S/C14H20ClN3O/c1-9-6-11(8-18(9)3)17-10-4-5-13(15)12(7-10)14(19)16-2/h4-5,7,9,11,17H,6,8H2,1-3H3,(H,16,19). The van der Waals surface area contributed by atoms with Gasteiger partial charge < -0.3 is 15.5 Å². The number of rotatable bonds is 3. The van der Waals surface area contributed by atoms with Crippen LogP contribution in [0.1, 0.15) is 23.7 Å². The molecule has 2 unspecified atom stereocenters. The van der Waals surface area contributed by atoms with Crippen LogP contribution in [-0.4, -0.2) is 43.5 Å². The molecule has 1 aromatic carbocycles. The molecule has 1 fully saturated rings. The number of nitrogens with one attached hydrogen (secondary N) is 2. The number of anilines is 1. The van der Waals surface area contributed by atoms with Gasteiger partial charge in [-0.2, -0.15) is 0 Å². The Morgan fingerprint density at radius 3 is 2.79 bits per heavy atom. The third kappa shape index (κ3) is 3.19. The molecular weight excluding hydrogens is 262 g/mol. The Morgan fingerprint density at radius 1 is 1.47 bits per heavy atom. The second-order valence-corrected chi connectivity index (χ2v) is 5.55. The molecule has 104 valence electrons. The Hall–Kier alpha value is -1.26. The molecule has 2 N–H and O–H groups in total. The summed E-state index contributed by atoms with van der Waals surface area (Å²) in [7, 11) is 3.73. The first-order chi connectivity index (χ1) is 9.01. The largest absolute Gasteiger partial charge is 0.381 e. The second kappa shape index (κ2) is 5.80. The van der Waals surface area contributed by atoms with Crippen molar-refractivity contribution in [3.8, 4) is 0 Å². The van der Waals surface area contributed by atoms with Gasteiger partial charge >= 0.3 is 0 Å². The van der Waals surface area contributed by atoms with Crippen molar-refractivity contribution in [1.82, 2.24) is 10.2 Å². The summed E-state index contributed by atoms with van der Waals surface area (Å²) in [4.78, 5) is 14.0. The molecule has 0 spiro atoms. The quantitative estimate of drug-likeness (QED) is 0.893. The Morgan fingerprint density at radius 2 is 2.21 bits per heavy atom. The van der Waals surface area contributed by atoms with Crippen molar-refractivity contribution in [2.24, 2.45) is 0 Å². The van der Waals surface area contributed by atoms with Crippen molar-refractivity contribution in [2.45, 2.75) is 25.4 Å². The normalized spacial score (nSPS) is 23.4. The summed E-state index contributed by atoms with van der Waals surface area (Å²) >= 11 is 6.04. The molecule has 4 nitrogen and oxygen atoms in total. The molecule has 1 aromatic rings. The molecule has 1 heterocycles. The van der Waals surface area contributed by atoms with E-state index in [-0.39, 0.29) is 5.91 Å². The lowest BCUT2D eigenvalue weighted by molar-refractivity contribution is 0.0963. The van der Waals surface area contributed by atoms with Gasteiger partial charge in [0, 0.05) is 31.4 Å². The fraction of sp³-hybridized carbons (Fsp3) is 0.500. The molecule has 0 aromatic heterocycles. The second-order valence-electron chi connectivity index (χ2n) is 5.14. The Bertz CT molecular complexity index is 468. The average Bonchev–Trinajstić information content (AvgIpc) is 2.69. The third-order valence-corrected chi connectivity index (χ3v) is 4.02. The van der Waals surface area contributed by atoms with Gasteiger partial charge in [0.15, 0.2) is 0 Å². The van der Waals surface area contributed by atoms with Gasteiger partial charge in [-0.1, -0.05) is 11.6 Å². The number of carbonyl (C=O) groups excluding carboxylic acids is 1. The van der Waals surface area contributed by atoms with Crippen LogP contribution in [0.4, 0.5) is 5.69 Å². The number of hydrogen-bond acceptors (Lipinski definition) is 3. The molecule has 1 amide bonds. The zero-order valence-corrected chi connectivity index (χ0v) is 12.3. The monoisotopic (exact) mass is 281 g/mol. The van der Waals surface area contributed by atoms with E-state index in [1.807, 2.05) is 12.1 Å². The third-order valence-electron chi connectivity index (χ3n) is 3.70. The molecule has 1 aliphatic heterocycles. The highest BCUT2D eigenvalue weighted by Gasteiger charge is 2.26. The number of likely N-dealkylation sites (N-methyl/N-ethyl adjacent to an activating group) is 1. The number of likely N-dealkylation sites (tertiary alicyclic amines) is 1. The molecule has 1 saturated heterocycles. The molecule has 19 heavy (non-hydrogen) atoms. The SMILES string of the molecule is CNC(=O)c1cc(NC2CC(C)N(C)C2)ccc1Cl. The zero-order valence-electron chi connectivity index (χ0n) is 11.5. The van der Waals surface area contributed by atoms with Gasteiger partial charge in [-0.15, -0.1) is 0 Å². The van der Waals surface area contributed by atoms with Crippen LogP contribution in [0.5, 0.6) is 0 Å². The lowest BCUT2D eigenvalue weighted by Gasteiger charge is -2.15. The van der Waals surface area contributed by atoms with E-state index in [1.165, 1.54) is 0 Å². The van der Waals surface area contributed by atoms with Crippen LogP contribution in [0.25, 0.3) is 0 Å². The Labute approximate surface area is 119 Å². The number of nitrogens with zero attached hydrogens (tertiary/aromatic N) is 1. The molecular formula is C14H20ClN3O. The molecule has 2 atom stereocenters. The number of halogens is 1. The average molecular weight is 282 g/mol. The number of amides is 1. The summed E-state index contributed by atoms with van der Waals surface area (Å²) in [5.41, 5.74) is 1.45. The van der Waals surface area contributed by atoms with Crippen LogP contribution in [0, 0.1) is 0 Å². The van der Waals surface area contributed by atoms with E-state index in [4.69, 9.17) is 11.6 Å². The molecule has 0 radical (unpaired) electrons. The van der Waals surface area contributed by atoms with Crippen LogP contribution in [0.3, 0.4) is 0 Å². The van der Waals surface area contributed by atoms with E-state index < -0.39 is 0 Å². The van der Waals surface area contributed by atoms with Crippen LogP contribution in [0.15, 0.2) is 18.2 Å². The summed E-state index contributed by atoms with van der Waals surface area (Å²) in [6, 6.07) is 6.49. The predicted octanol–water partition coefficient (Wildman–Crippen LogP) is 2.20. The van der Waals surface area contributed by atoms with E-state index in [9.17, 15) is 4.79 Å². The fourth-order valence-electron chi connectivity index (χ4n) is 2.46. The highest BCUT2D eigenvalue weighted by atomic mass is 35.5. The summed E-state index contributed by atoms with van der Waals surface area (Å²) in [6.07, 6.45) is 1.11. The summed E-state index contributed by atoms with van der Waals surface area (Å²) < 4.78 is 0. The first-order valence-corrected chi connectivity index (χ1v) is 6.87. The van der Waals surface area contributed by atoms with Gasteiger partial charge in [-0.3, -0.25) is 4.79 Å². The summed E-state index contributed by atoms with van der Waals surface area (Å²) in [5, 5.41) is 6.54. The first-order valence-electron chi connectivity index (χ1n) is 6.49. The highest BCUT2D eigenvalue weighted by molar-refractivity contribution is 6.34. The number of benzene rings is 1. The van der Waals surface area contributed by atoms with E-state index >= 15 is 0 Å². The minimum Gasteiger partial charge on any atom is -0.381 e. The van der Waals surface area contributed by atoms with Crippen LogP contribution in [0.2, 0.25) is 5.02 Å². The molecule has 2 rings (SSSR count). The minimum atomic E-state index is -0.162. The maximum Gasteiger partial charge on any atom is 0.252 e. The summed E-state index contributed by atoms with van der Waals surface area (Å²) in [5.74, 6) is -0.162. The first kappa shape index (κ1) is 14.2. The van der Waals surface area contributed by atoms with E-state index in [0.29, 0.717) is 22.7 Å². The van der Waals surface area contributed by atoms with Crippen molar-refractivity contribution in [1.29, 1.82) is 0 Å². The topological polar surface area (TPSA) is 44.4 Å². The van der Waals surface area contributed by atoms with Gasteiger partial charge in [0.05, 0.1) is 10.6 Å². The molecule has 0 bridgehead atoms. The number of carbonyl (C=O) groups is 1. The van der Waals surface area contributed by atoms with Crippen molar-refractivity contribution >= 4 is 23.2 Å². The van der Waals surface area contributed by atoms with Gasteiger partial charge in [-0.05, 0) is 38.6 Å². The maximum absolute atomic E-state index is 11.7. The molecule has 5 heteroatoms. The van der Waals surface area contributed by atoms with Crippen LogP contribution in [-0.2, 0) is 0 Å². The van der Waals surface area contributed by atoms with E-state index in [2.05, 4.69) is 29.5 Å². The summed E-state index contributed by atoms with van der Waals surface area (Å²) in [6.45, 7) is 3.23. The molecule has 1 aliphatic rings. The smallest absolute Gasteiger partial charge is 0.252 e. The van der Waals surface area contributed by atoms with Crippen molar-refractivity contribution in [3.63, 3.8) is 0 Å².